The Kier molecular flexibility index (Phi) is 3.27. The third-order valence-corrected chi connectivity index (χ3v) is 4.38. The molecule has 1 amide bonds. The number of nitrogens with one attached hydrogen (secondary N) is 1. The van der Waals surface area contributed by atoms with Gasteiger partial charge in [-0.15, -0.1) is 0 Å². The molecule has 3 rings (SSSR count). The first-order valence-corrected chi connectivity index (χ1v) is 7.11. The molecule has 1 fully saturated rings. The van der Waals surface area contributed by atoms with Crippen molar-refractivity contribution in [3.63, 3.8) is 0 Å². The molecular formula is C16H17N2O3-. The first-order chi connectivity index (χ1) is 9.95. The molecule has 0 spiro atoms. The van der Waals surface area contributed by atoms with Crippen LogP contribution in [0.2, 0.25) is 0 Å². The first kappa shape index (κ1) is 13.8. The van der Waals surface area contributed by atoms with Crippen molar-refractivity contribution in [2.45, 2.75) is 20.3 Å². The van der Waals surface area contributed by atoms with Gasteiger partial charge in [0, 0.05) is 17.6 Å². The molecule has 2 bridgehead atoms. The van der Waals surface area contributed by atoms with E-state index in [1.807, 2.05) is 32.1 Å². The summed E-state index contributed by atoms with van der Waals surface area (Å²) in [6.45, 7) is 3.78. The van der Waals surface area contributed by atoms with Gasteiger partial charge in [-0.3, -0.25) is 4.79 Å². The van der Waals surface area contributed by atoms with Crippen LogP contribution >= 0.6 is 0 Å². The Labute approximate surface area is 123 Å². The highest BCUT2D eigenvalue weighted by atomic mass is 16.4. The molecule has 0 radical (unpaired) electrons. The molecule has 0 aliphatic heterocycles. The lowest BCUT2D eigenvalue weighted by Crippen LogP contribution is -2.43. The standard InChI is InChI=1S/C16H18N2O3/c1-8-5-9(2)17-12(6-8)18-15(19)13-10-3-4-11(7-10)14(13)16(20)21/h3-6,10-11,13-14H,7H2,1-2H3,(H,20,21)(H,17,18,19)/p-1. The van der Waals surface area contributed by atoms with Gasteiger partial charge in [-0.1, -0.05) is 12.2 Å². The van der Waals surface area contributed by atoms with Gasteiger partial charge in [-0.25, -0.2) is 4.98 Å². The zero-order chi connectivity index (χ0) is 15.1. The van der Waals surface area contributed by atoms with Crippen molar-refractivity contribution in [3.05, 3.63) is 35.5 Å². The van der Waals surface area contributed by atoms with Crippen molar-refractivity contribution < 1.29 is 14.7 Å². The quantitative estimate of drug-likeness (QED) is 0.834. The molecule has 21 heavy (non-hydrogen) atoms. The number of carboxylic acid groups (broad SMARTS) is 1. The first-order valence-electron chi connectivity index (χ1n) is 7.11. The second kappa shape index (κ2) is 4.98. The molecule has 1 saturated carbocycles. The van der Waals surface area contributed by atoms with E-state index in [0.29, 0.717) is 5.82 Å². The maximum absolute atomic E-state index is 12.5. The van der Waals surface area contributed by atoms with E-state index >= 15 is 0 Å². The number of aliphatic carboxylic acids is 1. The highest BCUT2D eigenvalue weighted by Crippen LogP contribution is 2.48. The lowest BCUT2D eigenvalue weighted by molar-refractivity contribution is -0.313. The maximum Gasteiger partial charge on any atom is 0.229 e. The van der Waals surface area contributed by atoms with Gasteiger partial charge in [0.2, 0.25) is 5.91 Å². The number of carbonyl (C=O) groups is 2. The van der Waals surface area contributed by atoms with Gasteiger partial charge in [0.1, 0.15) is 5.82 Å². The largest absolute Gasteiger partial charge is 0.550 e. The molecule has 4 unspecified atom stereocenters. The van der Waals surface area contributed by atoms with Crippen LogP contribution in [0.3, 0.4) is 0 Å². The van der Waals surface area contributed by atoms with Crippen LogP contribution in [0.15, 0.2) is 24.3 Å². The second-order valence-corrected chi connectivity index (χ2v) is 5.98. The van der Waals surface area contributed by atoms with Crippen LogP contribution in [-0.4, -0.2) is 16.9 Å². The van der Waals surface area contributed by atoms with Crippen LogP contribution in [0.4, 0.5) is 5.82 Å². The lowest BCUT2D eigenvalue weighted by atomic mass is 9.82. The van der Waals surface area contributed by atoms with Crippen LogP contribution < -0.4 is 10.4 Å². The number of pyridine rings is 1. The topological polar surface area (TPSA) is 82.1 Å². The fraction of sp³-hybridized carbons (Fsp3) is 0.438. The van der Waals surface area contributed by atoms with Crippen molar-refractivity contribution in [1.82, 2.24) is 4.98 Å². The Morgan fingerprint density at radius 3 is 2.48 bits per heavy atom. The van der Waals surface area contributed by atoms with Gasteiger partial charge in [-0.2, -0.15) is 0 Å². The summed E-state index contributed by atoms with van der Waals surface area (Å²) in [6, 6.07) is 3.70. The summed E-state index contributed by atoms with van der Waals surface area (Å²) >= 11 is 0. The Morgan fingerprint density at radius 1 is 1.19 bits per heavy atom. The fourth-order valence-corrected chi connectivity index (χ4v) is 3.62. The van der Waals surface area contributed by atoms with Gasteiger partial charge in [-0.05, 0) is 49.8 Å². The van der Waals surface area contributed by atoms with Crippen LogP contribution in [-0.2, 0) is 9.59 Å². The monoisotopic (exact) mass is 285 g/mol. The molecular weight excluding hydrogens is 268 g/mol. The molecule has 1 aromatic rings. The summed E-state index contributed by atoms with van der Waals surface area (Å²) in [7, 11) is 0. The maximum atomic E-state index is 12.5. The predicted octanol–water partition coefficient (Wildman–Crippen LogP) is 0.825. The zero-order valence-corrected chi connectivity index (χ0v) is 12.0. The zero-order valence-electron chi connectivity index (χ0n) is 12.0. The van der Waals surface area contributed by atoms with E-state index in [0.717, 1.165) is 17.7 Å². The molecule has 1 heterocycles. The number of allylic oxidation sites excluding steroid dienone is 2. The smallest absolute Gasteiger partial charge is 0.229 e. The minimum absolute atomic E-state index is 0.0104. The Morgan fingerprint density at radius 2 is 1.86 bits per heavy atom. The molecule has 1 aromatic heterocycles. The fourth-order valence-electron chi connectivity index (χ4n) is 3.62. The molecule has 2 aliphatic carbocycles. The Balaban J connectivity index is 1.82. The third-order valence-electron chi connectivity index (χ3n) is 4.38. The molecule has 1 N–H and O–H groups in total. The van der Waals surface area contributed by atoms with E-state index in [1.54, 1.807) is 6.07 Å². The Hall–Kier alpha value is -2.17. The van der Waals surface area contributed by atoms with E-state index in [4.69, 9.17) is 0 Å². The minimum atomic E-state index is -1.14. The average Bonchev–Trinajstić information content (AvgIpc) is 2.96. The van der Waals surface area contributed by atoms with Crippen LogP contribution in [0.1, 0.15) is 17.7 Å². The van der Waals surface area contributed by atoms with Gasteiger partial charge >= 0.3 is 0 Å². The number of carbonyl (C=O) groups excluding carboxylic acids is 2. The lowest BCUT2D eigenvalue weighted by Gasteiger charge is -2.27. The summed E-state index contributed by atoms with van der Waals surface area (Å²) in [4.78, 5) is 28.1. The van der Waals surface area contributed by atoms with E-state index in [-0.39, 0.29) is 17.7 Å². The van der Waals surface area contributed by atoms with Crippen LogP contribution in [0, 0.1) is 37.5 Å². The summed E-state index contributed by atoms with van der Waals surface area (Å²) in [5.74, 6) is -2.33. The van der Waals surface area contributed by atoms with E-state index < -0.39 is 17.8 Å². The number of aromatic nitrogens is 1. The second-order valence-electron chi connectivity index (χ2n) is 5.98. The molecule has 0 saturated heterocycles. The molecule has 2 aliphatic rings. The number of anilines is 1. The Bertz CT molecular complexity index is 618. The van der Waals surface area contributed by atoms with E-state index in [1.165, 1.54) is 0 Å². The average molecular weight is 285 g/mol. The molecule has 110 valence electrons. The molecule has 5 nitrogen and oxygen atoms in total. The van der Waals surface area contributed by atoms with Crippen molar-refractivity contribution in [2.75, 3.05) is 5.32 Å². The highest BCUT2D eigenvalue weighted by molar-refractivity contribution is 5.95. The highest BCUT2D eigenvalue weighted by Gasteiger charge is 2.48. The van der Waals surface area contributed by atoms with Crippen LogP contribution in [0.5, 0.6) is 0 Å². The number of hydrogen-bond donors (Lipinski definition) is 1. The summed E-state index contributed by atoms with van der Waals surface area (Å²) in [5, 5.41) is 14.1. The van der Waals surface area contributed by atoms with Crippen molar-refractivity contribution in [1.29, 1.82) is 0 Å². The summed E-state index contributed by atoms with van der Waals surface area (Å²) < 4.78 is 0. The number of carboxylic acids is 1. The summed E-state index contributed by atoms with van der Waals surface area (Å²) in [6.07, 6.45) is 4.56. The SMILES string of the molecule is Cc1cc(C)nc(NC(=O)C2C3C=CC(C3)C2C(=O)[O-])c1. The number of nitrogens with zero attached hydrogens (tertiary/aromatic N) is 1. The van der Waals surface area contributed by atoms with Gasteiger partial charge in [0.05, 0.1) is 5.92 Å². The molecule has 4 atom stereocenters. The normalized spacial score (nSPS) is 29.6. The van der Waals surface area contributed by atoms with Crippen molar-refractivity contribution >= 4 is 17.7 Å². The van der Waals surface area contributed by atoms with Crippen molar-refractivity contribution in [2.24, 2.45) is 23.7 Å². The van der Waals surface area contributed by atoms with Gasteiger partial charge < -0.3 is 15.2 Å². The minimum Gasteiger partial charge on any atom is -0.550 e. The van der Waals surface area contributed by atoms with Crippen molar-refractivity contribution in [3.8, 4) is 0 Å². The molecule has 0 aromatic carbocycles. The predicted molar refractivity (Wildman–Crippen MR) is 75.1 cm³/mol. The number of amides is 1. The van der Waals surface area contributed by atoms with E-state index in [2.05, 4.69) is 10.3 Å². The van der Waals surface area contributed by atoms with Gasteiger partial charge in [0.15, 0.2) is 0 Å². The number of aryl methyl sites for hydroxylation is 2. The number of hydrogen-bond acceptors (Lipinski definition) is 4. The number of rotatable bonds is 3. The molecule has 5 heteroatoms. The summed E-state index contributed by atoms with van der Waals surface area (Å²) in [5.41, 5.74) is 1.82. The third kappa shape index (κ3) is 2.44. The number of fused-ring (bicyclic) bond motifs is 2. The van der Waals surface area contributed by atoms with Gasteiger partial charge in [0.25, 0.3) is 0 Å². The van der Waals surface area contributed by atoms with Crippen LogP contribution in [0.25, 0.3) is 0 Å². The van der Waals surface area contributed by atoms with E-state index in [9.17, 15) is 14.7 Å².